The summed E-state index contributed by atoms with van der Waals surface area (Å²) < 4.78 is 1.93. The lowest BCUT2D eigenvalue weighted by molar-refractivity contribution is 0.0936. The summed E-state index contributed by atoms with van der Waals surface area (Å²) in [5.74, 6) is -0.00457. The standard InChI is InChI=1S/C22H25N5O/c1-25-9-10-26-13-18(11-19(26)14-25)23-22(28)17-7-8-21-24-20(15-27(21)12-17)16-5-3-2-4-6-16/h2-8,12,15,18-19H,9-11,13-14H2,1H3,(H,23,28)/t18-,19-/m0/s1. The number of hydrogen-bond acceptors (Lipinski definition) is 4. The van der Waals surface area contributed by atoms with Crippen molar-refractivity contribution < 1.29 is 4.79 Å². The van der Waals surface area contributed by atoms with Crippen molar-refractivity contribution in [2.45, 2.75) is 18.5 Å². The molecule has 6 nitrogen and oxygen atoms in total. The van der Waals surface area contributed by atoms with Crippen molar-refractivity contribution in [3.8, 4) is 11.3 Å². The Hall–Kier alpha value is -2.70. The van der Waals surface area contributed by atoms with Crippen LogP contribution in [0.25, 0.3) is 16.9 Å². The van der Waals surface area contributed by atoms with E-state index >= 15 is 0 Å². The summed E-state index contributed by atoms with van der Waals surface area (Å²) in [6.07, 6.45) is 4.88. The van der Waals surface area contributed by atoms with Crippen LogP contribution in [0.4, 0.5) is 0 Å². The molecule has 1 amide bonds. The summed E-state index contributed by atoms with van der Waals surface area (Å²) in [7, 11) is 2.17. The molecule has 1 aromatic carbocycles. The molecule has 0 spiro atoms. The Kier molecular flexibility index (Phi) is 4.37. The number of carbonyl (C=O) groups is 1. The Morgan fingerprint density at radius 1 is 1.07 bits per heavy atom. The van der Waals surface area contributed by atoms with Gasteiger partial charge in [-0.2, -0.15) is 0 Å². The summed E-state index contributed by atoms with van der Waals surface area (Å²) in [5, 5.41) is 3.24. The number of amides is 1. The van der Waals surface area contributed by atoms with Crippen molar-refractivity contribution in [1.29, 1.82) is 0 Å². The number of piperazine rings is 1. The number of rotatable bonds is 3. The van der Waals surface area contributed by atoms with Crippen LogP contribution in [-0.2, 0) is 0 Å². The van der Waals surface area contributed by atoms with E-state index in [2.05, 4.69) is 27.1 Å². The fraction of sp³-hybridized carbons (Fsp3) is 0.364. The number of fused-ring (bicyclic) bond motifs is 2. The third kappa shape index (κ3) is 3.30. The van der Waals surface area contributed by atoms with Crippen molar-refractivity contribution in [2.24, 2.45) is 0 Å². The van der Waals surface area contributed by atoms with E-state index < -0.39 is 0 Å². The highest BCUT2D eigenvalue weighted by Gasteiger charge is 2.35. The lowest BCUT2D eigenvalue weighted by Gasteiger charge is -2.34. The van der Waals surface area contributed by atoms with Gasteiger partial charge in [0.25, 0.3) is 5.91 Å². The number of nitrogens with one attached hydrogen (secondary N) is 1. The molecular formula is C22H25N5O. The highest BCUT2D eigenvalue weighted by Crippen LogP contribution is 2.22. The summed E-state index contributed by atoms with van der Waals surface area (Å²) in [6.45, 7) is 4.25. The zero-order valence-electron chi connectivity index (χ0n) is 16.1. The molecule has 2 atom stereocenters. The molecule has 6 heteroatoms. The molecule has 2 aliphatic heterocycles. The van der Waals surface area contributed by atoms with Crippen LogP contribution in [-0.4, -0.2) is 70.4 Å². The molecule has 0 unspecified atom stereocenters. The van der Waals surface area contributed by atoms with Crippen molar-refractivity contribution >= 4 is 11.6 Å². The molecule has 2 fully saturated rings. The minimum atomic E-state index is -0.00457. The first-order chi connectivity index (χ1) is 13.7. The molecule has 4 heterocycles. The second-order valence-corrected chi connectivity index (χ2v) is 7.99. The predicted molar refractivity (Wildman–Crippen MR) is 109 cm³/mol. The number of benzene rings is 1. The van der Waals surface area contributed by atoms with Gasteiger partial charge in [0.05, 0.1) is 11.3 Å². The first kappa shape index (κ1) is 17.4. The maximum Gasteiger partial charge on any atom is 0.253 e. The van der Waals surface area contributed by atoms with Gasteiger partial charge in [0.15, 0.2) is 0 Å². The van der Waals surface area contributed by atoms with Gasteiger partial charge < -0.3 is 14.6 Å². The monoisotopic (exact) mass is 375 g/mol. The molecule has 0 saturated carbocycles. The molecule has 0 aliphatic carbocycles. The van der Waals surface area contributed by atoms with Gasteiger partial charge in [-0.05, 0) is 25.6 Å². The largest absolute Gasteiger partial charge is 0.348 e. The average Bonchev–Trinajstić information content (AvgIpc) is 3.31. The molecule has 28 heavy (non-hydrogen) atoms. The van der Waals surface area contributed by atoms with Gasteiger partial charge in [0, 0.05) is 56.2 Å². The number of hydrogen-bond donors (Lipinski definition) is 1. The SMILES string of the molecule is CN1CCN2C[C@@H](NC(=O)c3ccc4nc(-c5ccccc5)cn4c3)C[C@H]2C1. The predicted octanol–water partition coefficient (Wildman–Crippen LogP) is 2.12. The normalized spacial score (nSPS) is 23.0. The topological polar surface area (TPSA) is 52.9 Å². The zero-order valence-corrected chi connectivity index (χ0v) is 16.1. The molecule has 3 aromatic rings. The van der Waals surface area contributed by atoms with Crippen LogP contribution in [0.3, 0.4) is 0 Å². The van der Waals surface area contributed by atoms with Crippen LogP contribution >= 0.6 is 0 Å². The Morgan fingerprint density at radius 3 is 2.79 bits per heavy atom. The summed E-state index contributed by atoms with van der Waals surface area (Å²) in [5.41, 5.74) is 3.50. The zero-order chi connectivity index (χ0) is 19.1. The van der Waals surface area contributed by atoms with Gasteiger partial charge in [0.1, 0.15) is 5.65 Å². The van der Waals surface area contributed by atoms with Gasteiger partial charge >= 0.3 is 0 Å². The molecule has 144 valence electrons. The minimum absolute atomic E-state index is 0.00457. The van der Waals surface area contributed by atoms with E-state index in [4.69, 9.17) is 0 Å². The van der Waals surface area contributed by atoms with E-state index in [0.29, 0.717) is 11.6 Å². The highest BCUT2D eigenvalue weighted by molar-refractivity contribution is 5.94. The van der Waals surface area contributed by atoms with Gasteiger partial charge in [-0.1, -0.05) is 30.3 Å². The number of pyridine rings is 1. The molecule has 2 aliphatic rings. The summed E-state index contributed by atoms with van der Waals surface area (Å²) in [4.78, 5) is 22.4. The van der Waals surface area contributed by atoms with Crippen LogP contribution in [0.1, 0.15) is 16.8 Å². The van der Waals surface area contributed by atoms with Crippen LogP contribution in [0.2, 0.25) is 0 Å². The third-order valence-electron chi connectivity index (χ3n) is 5.94. The first-order valence-electron chi connectivity index (χ1n) is 9.93. The van der Waals surface area contributed by atoms with Crippen molar-refractivity contribution in [2.75, 3.05) is 33.2 Å². The van der Waals surface area contributed by atoms with E-state index in [-0.39, 0.29) is 11.9 Å². The second-order valence-electron chi connectivity index (χ2n) is 7.99. The Bertz CT molecular complexity index is 999. The van der Waals surface area contributed by atoms with E-state index in [0.717, 1.165) is 49.5 Å². The smallest absolute Gasteiger partial charge is 0.253 e. The fourth-order valence-electron chi connectivity index (χ4n) is 4.45. The Morgan fingerprint density at radius 2 is 1.93 bits per heavy atom. The Labute approximate surface area is 164 Å². The maximum atomic E-state index is 12.8. The second kappa shape index (κ2) is 7.04. The van der Waals surface area contributed by atoms with Gasteiger partial charge in [-0.25, -0.2) is 4.98 Å². The third-order valence-corrected chi connectivity index (χ3v) is 5.94. The van der Waals surface area contributed by atoms with Crippen LogP contribution < -0.4 is 5.32 Å². The first-order valence-corrected chi connectivity index (χ1v) is 9.93. The number of aromatic nitrogens is 2. The maximum absolute atomic E-state index is 12.8. The van der Waals surface area contributed by atoms with Crippen molar-refractivity contribution in [3.05, 3.63) is 60.4 Å². The molecule has 1 N–H and O–H groups in total. The van der Waals surface area contributed by atoms with E-state index in [1.54, 1.807) is 0 Å². The van der Waals surface area contributed by atoms with Crippen molar-refractivity contribution in [1.82, 2.24) is 24.5 Å². The number of carbonyl (C=O) groups excluding carboxylic acids is 1. The molecule has 2 saturated heterocycles. The Balaban J connectivity index is 1.31. The molecular weight excluding hydrogens is 350 g/mol. The molecule has 0 bridgehead atoms. The van der Waals surface area contributed by atoms with Crippen LogP contribution in [0, 0.1) is 0 Å². The number of nitrogens with zero attached hydrogens (tertiary/aromatic N) is 4. The lowest BCUT2D eigenvalue weighted by Crippen LogP contribution is -2.48. The van der Waals surface area contributed by atoms with Crippen LogP contribution in [0.15, 0.2) is 54.9 Å². The average molecular weight is 375 g/mol. The van der Waals surface area contributed by atoms with Crippen molar-refractivity contribution in [3.63, 3.8) is 0 Å². The van der Waals surface area contributed by atoms with Crippen LogP contribution in [0.5, 0.6) is 0 Å². The van der Waals surface area contributed by atoms with Gasteiger partial charge in [-0.3, -0.25) is 9.69 Å². The van der Waals surface area contributed by atoms with E-state index in [1.807, 2.05) is 59.3 Å². The summed E-state index contributed by atoms with van der Waals surface area (Å²) >= 11 is 0. The van der Waals surface area contributed by atoms with E-state index in [1.165, 1.54) is 0 Å². The lowest BCUT2D eigenvalue weighted by atomic mass is 10.1. The fourth-order valence-corrected chi connectivity index (χ4v) is 4.45. The minimum Gasteiger partial charge on any atom is -0.348 e. The quantitative estimate of drug-likeness (QED) is 0.762. The molecule has 5 rings (SSSR count). The molecule has 2 aromatic heterocycles. The number of likely N-dealkylation sites (N-methyl/N-ethyl adjacent to an activating group) is 1. The highest BCUT2D eigenvalue weighted by atomic mass is 16.1. The summed E-state index contributed by atoms with van der Waals surface area (Å²) in [6, 6.07) is 14.7. The molecule has 0 radical (unpaired) electrons. The van der Waals surface area contributed by atoms with Gasteiger partial charge in [-0.15, -0.1) is 0 Å². The van der Waals surface area contributed by atoms with Gasteiger partial charge in [0.2, 0.25) is 0 Å². The number of imidazole rings is 1. The van der Waals surface area contributed by atoms with E-state index in [9.17, 15) is 4.79 Å².